The van der Waals surface area contributed by atoms with E-state index in [1.807, 2.05) is 17.7 Å². The second kappa shape index (κ2) is 8.70. The van der Waals surface area contributed by atoms with Crippen molar-refractivity contribution in [1.82, 2.24) is 34.5 Å². The Balaban J connectivity index is 1.47. The molecule has 2 aromatic heterocycles. The van der Waals surface area contributed by atoms with Crippen LogP contribution < -0.4 is 4.90 Å². The first-order valence-corrected chi connectivity index (χ1v) is 9.02. The van der Waals surface area contributed by atoms with Crippen LogP contribution in [-0.2, 0) is 17.9 Å². The predicted octanol–water partition coefficient (Wildman–Crippen LogP) is 0.259. The van der Waals surface area contributed by atoms with Crippen LogP contribution in [0.5, 0.6) is 0 Å². The van der Waals surface area contributed by atoms with Crippen LogP contribution in [0.25, 0.3) is 0 Å². The van der Waals surface area contributed by atoms with Crippen molar-refractivity contribution >= 4 is 11.9 Å². The van der Waals surface area contributed by atoms with Gasteiger partial charge in [0.2, 0.25) is 11.9 Å². The second-order valence-electron chi connectivity index (χ2n) is 6.50. The van der Waals surface area contributed by atoms with Crippen LogP contribution >= 0.6 is 0 Å². The maximum atomic E-state index is 12.5. The fraction of sp³-hybridized carbons (Fsp3) is 0.588. The first-order valence-electron chi connectivity index (χ1n) is 9.02. The van der Waals surface area contributed by atoms with Crippen molar-refractivity contribution in [3.05, 3.63) is 30.6 Å². The van der Waals surface area contributed by atoms with E-state index in [-0.39, 0.29) is 5.91 Å². The number of aromatic nitrogens is 5. The van der Waals surface area contributed by atoms with Crippen LogP contribution in [0.3, 0.4) is 0 Å². The van der Waals surface area contributed by atoms with Crippen molar-refractivity contribution in [2.45, 2.75) is 26.4 Å². The van der Waals surface area contributed by atoms with Gasteiger partial charge in [0, 0.05) is 52.2 Å². The van der Waals surface area contributed by atoms with Crippen molar-refractivity contribution in [2.75, 3.05) is 44.7 Å². The predicted molar refractivity (Wildman–Crippen MR) is 97.5 cm³/mol. The summed E-state index contributed by atoms with van der Waals surface area (Å²) in [6.45, 7) is 7.18. The Labute approximate surface area is 153 Å². The number of aryl methyl sites for hydroxylation is 1. The Morgan fingerprint density at radius 1 is 1.19 bits per heavy atom. The molecular weight excluding hydrogens is 332 g/mol. The van der Waals surface area contributed by atoms with E-state index in [4.69, 9.17) is 0 Å². The zero-order chi connectivity index (χ0) is 18.4. The molecule has 9 nitrogen and oxygen atoms in total. The van der Waals surface area contributed by atoms with E-state index >= 15 is 0 Å². The highest BCUT2D eigenvalue weighted by Gasteiger charge is 2.22. The van der Waals surface area contributed by atoms with Crippen molar-refractivity contribution < 1.29 is 4.79 Å². The zero-order valence-corrected chi connectivity index (χ0v) is 15.5. The van der Waals surface area contributed by atoms with Gasteiger partial charge in [0.25, 0.3) is 0 Å². The third-order valence-electron chi connectivity index (χ3n) is 4.53. The molecule has 0 saturated carbocycles. The monoisotopic (exact) mass is 358 g/mol. The molecule has 1 saturated heterocycles. The van der Waals surface area contributed by atoms with Crippen LogP contribution in [0.15, 0.2) is 24.8 Å². The van der Waals surface area contributed by atoms with Crippen LogP contribution in [-0.4, -0.2) is 80.2 Å². The molecule has 140 valence electrons. The molecule has 0 aliphatic carbocycles. The van der Waals surface area contributed by atoms with Gasteiger partial charge in [0.05, 0.1) is 13.1 Å². The summed E-state index contributed by atoms with van der Waals surface area (Å²) in [5.74, 6) is 1.68. The average Bonchev–Trinajstić information content (AvgIpc) is 3.10. The molecule has 0 radical (unpaired) electrons. The number of carbonyl (C=O) groups excluding carboxylic acids is 1. The Kier molecular flexibility index (Phi) is 6.11. The normalized spacial score (nSPS) is 15.2. The molecule has 1 amide bonds. The number of rotatable bonds is 7. The van der Waals surface area contributed by atoms with E-state index < -0.39 is 0 Å². The van der Waals surface area contributed by atoms with Crippen molar-refractivity contribution in [2.24, 2.45) is 0 Å². The summed E-state index contributed by atoms with van der Waals surface area (Å²) >= 11 is 0. The molecule has 1 aliphatic heterocycles. The molecule has 0 atom stereocenters. The molecule has 1 fully saturated rings. The maximum Gasteiger partial charge on any atom is 0.236 e. The second-order valence-corrected chi connectivity index (χ2v) is 6.50. The fourth-order valence-electron chi connectivity index (χ4n) is 3.00. The van der Waals surface area contributed by atoms with Crippen molar-refractivity contribution in [1.29, 1.82) is 0 Å². The minimum absolute atomic E-state index is 0.0976. The number of likely N-dealkylation sites (N-methyl/N-ethyl adjacent to an activating group) is 1. The molecule has 0 N–H and O–H groups in total. The van der Waals surface area contributed by atoms with Gasteiger partial charge in [-0.25, -0.2) is 9.97 Å². The quantitative estimate of drug-likeness (QED) is 0.702. The summed E-state index contributed by atoms with van der Waals surface area (Å²) in [7, 11) is 1.82. The lowest BCUT2D eigenvalue weighted by atomic mass is 10.3. The van der Waals surface area contributed by atoms with Crippen LogP contribution in [0.1, 0.15) is 19.2 Å². The third kappa shape index (κ3) is 4.54. The molecule has 26 heavy (non-hydrogen) atoms. The SMILES string of the molecule is CCCn1cnnc1CN(C)C(=O)CN1CCN(c2ncccn2)CC1. The number of anilines is 1. The number of hydrogen-bond donors (Lipinski definition) is 0. The Morgan fingerprint density at radius 3 is 2.62 bits per heavy atom. The molecular formula is C17H26N8O. The minimum atomic E-state index is 0.0976. The molecule has 1 aliphatic rings. The summed E-state index contributed by atoms with van der Waals surface area (Å²) in [5.41, 5.74) is 0. The summed E-state index contributed by atoms with van der Waals surface area (Å²) in [6.07, 6.45) is 6.25. The number of carbonyl (C=O) groups is 1. The number of amides is 1. The Hall–Kier alpha value is -2.55. The van der Waals surface area contributed by atoms with E-state index in [0.29, 0.717) is 13.1 Å². The van der Waals surface area contributed by atoms with Crippen LogP contribution in [0.2, 0.25) is 0 Å². The Bertz CT molecular complexity index is 696. The van der Waals surface area contributed by atoms with Gasteiger partial charge in [-0.1, -0.05) is 6.92 Å². The molecule has 2 aromatic rings. The van der Waals surface area contributed by atoms with Crippen molar-refractivity contribution in [3.63, 3.8) is 0 Å². The number of piperazine rings is 1. The van der Waals surface area contributed by atoms with Crippen LogP contribution in [0.4, 0.5) is 5.95 Å². The lowest BCUT2D eigenvalue weighted by Crippen LogP contribution is -2.50. The van der Waals surface area contributed by atoms with Gasteiger partial charge in [0.1, 0.15) is 6.33 Å². The fourth-order valence-corrected chi connectivity index (χ4v) is 3.00. The summed E-state index contributed by atoms with van der Waals surface area (Å²) in [5, 5.41) is 8.09. The van der Waals surface area contributed by atoms with Crippen molar-refractivity contribution in [3.8, 4) is 0 Å². The number of hydrogen-bond acceptors (Lipinski definition) is 7. The molecule has 3 heterocycles. The maximum absolute atomic E-state index is 12.5. The standard InChI is InChI=1S/C17H26N8O/c1-3-7-25-14-20-21-15(25)12-22(2)16(26)13-23-8-10-24(11-9-23)17-18-5-4-6-19-17/h4-6,14H,3,7-13H2,1-2H3. The van der Waals surface area contributed by atoms with Gasteiger partial charge in [0.15, 0.2) is 5.82 Å². The van der Waals surface area contributed by atoms with Gasteiger partial charge in [-0.05, 0) is 12.5 Å². The van der Waals surface area contributed by atoms with Gasteiger partial charge in [-0.2, -0.15) is 0 Å². The third-order valence-corrected chi connectivity index (χ3v) is 4.53. The Morgan fingerprint density at radius 2 is 1.92 bits per heavy atom. The van der Waals surface area contributed by atoms with E-state index in [1.54, 1.807) is 23.6 Å². The first-order chi connectivity index (χ1) is 12.7. The minimum Gasteiger partial charge on any atom is -0.338 e. The average molecular weight is 358 g/mol. The smallest absolute Gasteiger partial charge is 0.236 e. The topological polar surface area (TPSA) is 83.3 Å². The molecule has 3 rings (SSSR count). The summed E-state index contributed by atoms with van der Waals surface area (Å²) < 4.78 is 2.00. The molecule has 0 spiro atoms. The van der Waals surface area contributed by atoms with E-state index in [9.17, 15) is 4.79 Å². The highest BCUT2D eigenvalue weighted by Crippen LogP contribution is 2.10. The molecule has 0 aromatic carbocycles. The molecule has 0 unspecified atom stereocenters. The van der Waals surface area contributed by atoms with Gasteiger partial charge in [-0.3, -0.25) is 9.69 Å². The lowest BCUT2D eigenvalue weighted by molar-refractivity contribution is -0.131. The van der Waals surface area contributed by atoms with Crippen LogP contribution in [0, 0.1) is 0 Å². The molecule has 0 bridgehead atoms. The van der Waals surface area contributed by atoms with Gasteiger partial charge >= 0.3 is 0 Å². The first kappa shape index (κ1) is 18.2. The zero-order valence-electron chi connectivity index (χ0n) is 15.5. The van der Waals surface area contributed by atoms with E-state index in [0.717, 1.165) is 50.9 Å². The molecule has 9 heteroatoms. The highest BCUT2D eigenvalue weighted by atomic mass is 16.2. The largest absolute Gasteiger partial charge is 0.338 e. The highest BCUT2D eigenvalue weighted by molar-refractivity contribution is 5.77. The van der Waals surface area contributed by atoms with Gasteiger partial charge < -0.3 is 14.4 Å². The van der Waals surface area contributed by atoms with E-state index in [2.05, 4.69) is 36.9 Å². The summed E-state index contributed by atoms with van der Waals surface area (Å²) in [6, 6.07) is 1.82. The lowest BCUT2D eigenvalue weighted by Gasteiger charge is -2.34. The number of nitrogens with zero attached hydrogens (tertiary/aromatic N) is 8. The van der Waals surface area contributed by atoms with E-state index in [1.165, 1.54) is 0 Å². The summed E-state index contributed by atoms with van der Waals surface area (Å²) in [4.78, 5) is 27.2. The van der Waals surface area contributed by atoms with Gasteiger partial charge in [-0.15, -0.1) is 10.2 Å².